The van der Waals surface area contributed by atoms with E-state index < -0.39 is 0 Å². The molecule has 49 heavy (non-hydrogen) atoms. The Morgan fingerprint density at radius 3 is 1.16 bits per heavy atom. The maximum Gasteiger partial charge on any atom is 4.00 e. The summed E-state index contributed by atoms with van der Waals surface area (Å²) in [4.78, 5) is 4.36. The van der Waals surface area contributed by atoms with Gasteiger partial charge in [-0.05, 0) is 46.5 Å². The summed E-state index contributed by atoms with van der Waals surface area (Å²) in [6.45, 7) is 7.45. The third kappa shape index (κ3) is 17.8. The van der Waals surface area contributed by atoms with Gasteiger partial charge in [-0.15, -0.1) is 13.2 Å². The Morgan fingerprint density at radius 1 is 0.531 bits per heavy atom. The number of rotatable bonds is 15. The molecule has 0 spiro atoms. The monoisotopic (exact) mass is 780 g/mol. The molecular weight excluding hydrogens is 738 g/mol. The van der Waals surface area contributed by atoms with Gasteiger partial charge in [-0.2, -0.15) is 0 Å². The van der Waals surface area contributed by atoms with Crippen LogP contribution in [0.15, 0.2) is 84.9 Å². The third-order valence-corrected chi connectivity index (χ3v) is 8.18. The molecule has 0 atom stereocenters. The minimum atomic E-state index is -0.222. The predicted octanol–water partition coefficient (Wildman–Crippen LogP) is 7.44. The molecule has 4 aromatic rings. The fourth-order valence-corrected chi connectivity index (χ4v) is 5.70. The van der Waals surface area contributed by atoms with Crippen LogP contribution in [-0.2, 0) is 47.9 Å². The van der Waals surface area contributed by atoms with Crippen molar-refractivity contribution in [2.24, 2.45) is 0 Å². The zero-order valence-corrected chi connectivity index (χ0v) is 32.7. The summed E-state index contributed by atoms with van der Waals surface area (Å²) < 4.78 is 0. The zero-order valence-electron chi connectivity index (χ0n) is 28.1. The molecule has 0 bridgehead atoms. The maximum absolute atomic E-state index is 12.7. The minimum absolute atomic E-state index is 0. The summed E-state index contributed by atoms with van der Waals surface area (Å²) >= 11 is 24.7. The summed E-state index contributed by atoms with van der Waals surface area (Å²) in [5, 5.41) is 45.6. The molecule has 0 aliphatic heterocycles. The zero-order chi connectivity index (χ0) is 35.3. The van der Waals surface area contributed by atoms with Crippen LogP contribution in [0.2, 0.25) is 20.1 Å². The van der Waals surface area contributed by atoms with Gasteiger partial charge in [-0.1, -0.05) is 158 Å². The first-order valence-electron chi connectivity index (χ1n) is 16.1. The second-order valence-electron chi connectivity index (χ2n) is 11.3. The predicted molar refractivity (Wildman–Crippen MR) is 192 cm³/mol. The van der Waals surface area contributed by atoms with Gasteiger partial charge in [0.15, 0.2) is 0 Å². The van der Waals surface area contributed by atoms with Crippen LogP contribution in [0.3, 0.4) is 0 Å². The second kappa shape index (κ2) is 26.0. The molecule has 0 unspecified atom stereocenters. The van der Waals surface area contributed by atoms with E-state index in [1.807, 2.05) is 50.2 Å². The third-order valence-electron chi connectivity index (χ3n) is 7.18. The molecule has 0 fully saturated rings. The molecule has 0 N–H and O–H groups in total. The average molecular weight is 782 g/mol. The van der Waals surface area contributed by atoms with Gasteiger partial charge in [0.25, 0.3) is 0 Å². The Morgan fingerprint density at radius 2 is 0.878 bits per heavy atom. The molecule has 0 aliphatic rings. The molecule has 0 saturated carbocycles. The second-order valence-corrected chi connectivity index (χ2v) is 12.9. The topological polar surface area (TPSA) is 98.7 Å². The van der Waals surface area contributed by atoms with Crippen molar-refractivity contribution in [2.75, 3.05) is 26.3 Å². The van der Waals surface area contributed by atoms with Crippen molar-refractivity contribution in [2.45, 2.75) is 65.7 Å². The van der Waals surface area contributed by atoms with E-state index in [4.69, 9.17) is 46.4 Å². The molecule has 0 amide bonds. The molecular formula is C38H44Cl4N2O4Ti. The molecule has 6 nitrogen and oxygen atoms in total. The van der Waals surface area contributed by atoms with Gasteiger partial charge in [0.05, 0.1) is 0 Å². The van der Waals surface area contributed by atoms with Gasteiger partial charge >= 0.3 is 21.7 Å². The van der Waals surface area contributed by atoms with Crippen molar-refractivity contribution in [1.29, 1.82) is 0 Å². The Bertz CT molecular complexity index is 1350. The number of nitrogens with zero attached hydrogens (tertiary/aromatic N) is 2. The molecule has 0 saturated heterocycles. The molecule has 4 aromatic carbocycles. The van der Waals surface area contributed by atoms with Crippen LogP contribution in [0.1, 0.15) is 61.8 Å². The van der Waals surface area contributed by atoms with Gasteiger partial charge in [0, 0.05) is 59.4 Å². The summed E-state index contributed by atoms with van der Waals surface area (Å²) in [5.74, 6) is -0.445. The molecule has 0 heterocycles. The largest absolute Gasteiger partial charge is 4.00 e. The Labute approximate surface area is 327 Å². The quantitative estimate of drug-likeness (QED) is 0.116. The summed E-state index contributed by atoms with van der Waals surface area (Å²) in [6.07, 6.45) is 3.73. The van der Waals surface area contributed by atoms with E-state index >= 15 is 0 Å². The van der Waals surface area contributed by atoms with Crippen molar-refractivity contribution in [3.05, 3.63) is 127 Å². The molecule has 0 radical (unpaired) electrons. The van der Waals surface area contributed by atoms with Gasteiger partial charge < -0.3 is 20.4 Å². The Balaban J connectivity index is 0.000000958. The maximum atomic E-state index is 12.7. The fraction of sp³-hybridized carbons (Fsp3) is 0.368. The van der Waals surface area contributed by atoms with E-state index in [1.165, 1.54) is 12.1 Å². The normalized spacial score (nSPS) is 10.6. The standard InChI is InChI=1S/C30H28Cl4N2O2.2C4H9O.Ti/c31-25-13-23(29(37)27(33)15-25)19-35(17-21-7-3-1-4-8-21)11-12-36(18-22-9-5-2-6-10-22)20-24-14-26(32)16-28(34)30(24)38;2*1-2-3-4-5;/h1-10,13-16,37-38H,11-12,17-20H2;2*2-4H2,1H3;/q;2*-1;+4/p-2. The van der Waals surface area contributed by atoms with Gasteiger partial charge in [0.2, 0.25) is 0 Å². The summed E-state index contributed by atoms with van der Waals surface area (Å²) in [6, 6.07) is 26.4. The summed E-state index contributed by atoms with van der Waals surface area (Å²) in [7, 11) is 0. The van der Waals surface area contributed by atoms with Crippen LogP contribution < -0.4 is 20.4 Å². The molecule has 0 aromatic heterocycles. The number of benzene rings is 4. The van der Waals surface area contributed by atoms with Crippen molar-refractivity contribution in [3.63, 3.8) is 0 Å². The first-order chi connectivity index (χ1) is 23.1. The minimum Gasteiger partial charge on any atom is -0.871 e. The fourth-order valence-electron chi connectivity index (χ4n) is 4.63. The average Bonchev–Trinajstić information content (AvgIpc) is 3.06. The van der Waals surface area contributed by atoms with E-state index in [1.54, 1.807) is 12.1 Å². The van der Waals surface area contributed by atoms with Crippen LogP contribution in [-0.4, -0.2) is 36.1 Å². The number of hydrogen-bond acceptors (Lipinski definition) is 6. The van der Waals surface area contributed by atoms with E-state index in [-0.39, 0.29) is 56.5 Å². The van der Waals surface area contributed by atoms with E-state index in [9.17, 15) is 20.4 Å². The number of halogens is 4. The van der Waals surface area contributed by atoms with Gasteiger partial charge in [-0.25, -0.2) is 0 Å². The Kier molecular flexibility index (Phi) is 24.0. The number of hydrogen-bond donors (Lipinski definition) is 0. The molecule has 262 valence electrons. The Hall–Kier alpha value is -1.81. The van der Waals surface area contributed by atoms with Crippen LogP contribution in [0, 0.1) is 0 Å². The van der Waals surface area contributed by atoms with Crippen LogP contribution in [0.4, 0.5) is 0 Å². The van der Waals surface area contributed by atoms with Crippen molar-refractivity contribution in [3.8, 4) is 11.5 Å². The van der Waals surface area contributed by atoms with Crippen LogP contribution in [0.25, 0.3) is 0 Å². The van der Waals surface area contributed by atoms with Crippen LogP contribution in [0.5, 0.6) is 11.5 Å². The van der Waals surface area contributed by atoms with Gasteiger partial charge in [-0.3, -0.25) is 9.80 Å². The van der Waals surface area contributed by atoms with Gasteiger partial charge in [0.1, 0.15) is 0 Å². The molecule has 11 heteroatoms. The smallest absolute Gasteiger partial charge is 0.871 e. The number of unbranched alkanes of at least 4 members (excludes halogenated alkanes) is 2. The van der Waals surface area contributed by atoms with Crippen molar-refractivity contribution >= 4 is 46.4 Å². The van der Waals surface area contributed by atoms with E-state index in [0.29, 0.717) is 60.4 Å². The van der Waals surface area contributed by atoms with Crippen molar-refractivity contribution in [1.82, 2.24) is 9.80 Å². The van der Waals surface area contributed by atoms with Crippen LogP contribution >= 0.6 is 46.4 Å². The molecule has 4 rings (SSSR count). The van der Waals surface area contributed by atoms with E-state index in [0.717, 1.165) is 36.8 Å². The SMILES string of the molecule is CCCC[O-].CCCC[O-].[O-]c1c(Cl)cc(Cl)cc1CN(CCN(Cc1ccccc1)Cc1cc(Cl)cc(Cl)c1[O-])Cc1ccccc1.[Ti+4]. The van der Waals surface area contributed by atoms with E-state index in [2.05, 4.69) is 34.1 Å². The first-order valence-corrected chi connectivity index (χ1v) is 17.6. The first kappa shape index (κ1) is 45.2. The summed E-state index contributed by atoms with van der Waals surface area (Å²) in [5.41, 5.74) is 3.31. The molecule has 0 aliphatic carbocycles. The van der Waals surface area contributed by atoms with Crippen molar-refractivity contribution < 1.29 is 42.1 Å².